The van der Waals surface area contributed by atoms with Gasteiger partial charge in [-0.3, -0.25) is 4.79 Å². The van der Waals surface area contributed by atoms with Crippen molar-refractivity contribution in [1.29, 1.82) is 0 Å². The molecule has 1 heterocycles. The number of carbonyl (C=O) groups excluding carboxylic acids is 1. The van der Waals surface area contributed by atoms with Crippen LogP contribution >= 0.6 is 0 Å². The summed E-state index contributed by atoms with van der Waals surface area (Å²) in [6.07, 6.45) is 1.50. The van der Waals surface area contributed by atoms with E-state index in [0.29, 0.717) is 6.54 Å². The first-order valence-electron chi connectivity index (χ1n) is 4.24. The van der Waals surface area contributed by atoms with Crippen LogP contribution in [0.15, 0.2) is 6.33 Å². The van der Waals surface area contributed by atoms with Gasteiger partial charge in [0.25, 0.3) is 0 Å². The lowest BCUT2D eigenvalue weighted by molar-refractivity contribution is -0.119. The summed E-state index contributed by atoms with van der Waals surface area (Å²) < 4.78 is 1.79. The lowest BCUT2D eigenvalue weighted by atomic mass is 10.4. The highest BCUT2D eigenvalue weighted by atomic mass is 16.1. The maximum Gasteiger partial charge on any atom is 0.217 e. The van der Waals surface area contributed by atoms with Crippen molar-refractivity contribution in [3.05, 3.63) is 12.2 Å². The van der Waals surface area contributed by atoms with Gasteiger partial charge in [-0.1, -0.05) is 0 Å². The molecular formula is C8H14N4O. The predicted octanol–water partition coefficient (Wildman–Crippen LogP) is 0.495. The van der Waals surface area contributed by atoms with E-state index in [1.54, 1.807) is 4.68 Å². The second kappa shape index (κ2) is 4.02. The molecule has 0 aliphatic rings. The van der Waals surface area contributed by atoms with E-state index in [9.17, 15) is 4.79 Å². The van der Waals surface area contributed by atoms with Crippen LogP contribution in [0.2, 0.25) is 0 Å². The van der Waals surface area contributed by atoms with Crippen molar-refractivity contribution in [2.45, 2.75) is 33.4 Å². The fraction of sp³-hybridized carbons (Fsp3) is 0.625. The number of carbonyl (C=O) groups is 1. The molecule has 1 N–H and O–H groups in total. The molecule has 1 rings (SSSR count). The summed E-state index contributed by atoms with van der Waals surface area (Å²) in [5, 5.41) is 6.73. The molecule has 72 valence electrons. The number of aromatic nitrogens is 3. The molecule has 0 aliphatic heterocycles. The normalized spacial score (nSPS) is 10.5. The van der Waals surface area contributed by atoms with Gasteiger partial charge in [0.05, 0.1) is 6.54 Å². The summed E-state index contributed by atoms with van der Waals surface area (Å²) in [4.78, 5) is 14.7. The van der Waals surface area contributed by atoms with E-state index >= 15 is 0 Å². The van der Waals surface area contributed by atoms with Crippen molar-refractivity contribution in [2.75, 3.05) is 0 Å². The molecule has 0 saturated carbocycles. The predicted molar refractivity (Wildman–Crippen MR) is 47.9 cm³/mol. The summed E-state index contributed by atoms with van der Waals surface area (Å²) >= 11 is 0. The maximum atomic E-state index is 10.7. The van der Waals surface area contributed by atoms with Gasteiger partial charge in [0.2, 0.25) is 5.91 Å². The lowest BCUT2D eigenvalue weighted by Gasteiger charge is -2.08. The van der Waals surface area contributed by atoms with Crippen molar-refractivity contribution >= 4 is 5.91 Å². The van der Waals surface area contributed by atoms with Gasteiger partial charge in [-0.15, -0.1) is 0 Å². The van der Waals surface area contributed by atoms with Gasteiger partial charge in [0, 0.05) is 13.0 Å². The Kier molecular flexibility index (Phi) is 3.00. The van der Waals surface area contributed by atoms with Crippen molar-refractivity contribution < 1.29 is 4.79 Å². The van der Waals surface area contributed by atoms with Gasteiger partial charge in [-0.25, -0.2) is 9.67 Å². The zero-order valence-corrected chi connectivity index (χ0v) is 8.11. The van der Waals surface area contributed by atoms with Crippen molar-refractivity contribution in [3.8, 4) is 0 Å². The van der Waals surface area contributed by atoms with Crippen molar-refractivity contribution in [2.24, 2.45) is 0 Å². The molecule has 0 saturated heterocycles. The molecule has 0 bridgehead atoms. The van der Waals surface area contributed by atoms with Crippen LogP contribution < -0.4 is 5.32 Å². The topological polar surface area (TPSA) is 59.8 Å². The Morgan fingerprint density at radius 1 is 1.69 bits per heavy atom. The Bertz CT molecular complexity index is 292. The second-order valence-corrected chi connectivity index (χ2v) is 3.12. The second-order valence-electron chi connectivity index (χ2n) is 3.12. The first kappa shape index (κ1) is 9.70. The third kappa shape index (κ3) is 2.54. The Hall–Kier alpha value is -1.39. The lowest BCUT2D eigenvalue weighted by Crippen LogP contribution is -2.22. The molecule has 1 aromatic rings. The molecule has 13 heavy (non-hydrogen) atoms. The van der Waals surface area contributed by atoms with Crippen LogP contribution in [0.3, 0.4) is 0 Å². The zero-order valence-electron chi connectivity index (χ0n) is 8.11. The molecule has 0 radical (unpaired) electrons. The van der Waals surface area contributed by atoms with Crippen LogP contribution in [-0.4, -0.2) is 20.7 Å². The first-order chi connectivity index (χ1) is 6.11. The van der Waals surface area contributed by atoms with E-state index < -0.39 is 0 Å². The van der Waals surface area contributed by atoms with E-state index in [4.69, 9.17) is 0 Å². The third-order valence-corrected chi connectivity index (χ3v) is 1.63. The molecule has 0 atom stereocenters. The Morgan fingerprint density at radius 2 is 2.38 bits per heavy atom. The van der Waals surface area contributed by atoms with Gasteiger partial charge in [0.15, 0.2) is 0 Å². The summed E-state index contributed by atoms with van der Waals surface area (Å²) in [6.45, 7) is 5.96. The molecule has 0 aromatic carbocycles. The summed E-state index contributed by atoms with van der Waals surface area (Å²) in [5.74, 6) is 0.725. The Morgan fingerprint density at radius 3 is 2.92 bits per heavy atom. The van der Waals surface area contributed by atoms with Crippen molar-refractivity contribution in [3.63, 3.8) is 0 Å². The fourth-order valence-electron chi connectivity index (χ4n) is 1.04. The van der Waals surface area contributed by atoms with Crippen LogP contribution in [-0.2, 0) is 11.3 Å². The molecule has 0 spiro atoms. The number of rotatable bonds is 3. The minimum absolute atomic E-state index is 0.0571. The molecule has 0 fully saturated rings. The molecule has 1 aromatic heterocycles. The average molecular weight is 182 g/mol. The van der Waals surface area contributed by atoms with Gasteiger partial charge < -0.3 is 5.32 Å². The highest BCUT2D eigenvalue weighted by Crippen LogP contribution is 2.04. The van der Waals surface area contributed by atoms with E-state index in [1.165, 1.54) is 13.3 Å². The average Bonchev–Trinajstić information content (AvgIpc) is 2.47. The van der Waals surface area contributed by atoms with Gasteiger partial charge in [-0.2, -0.15) is 5.10 Å². The first-order valence-corrected chi connectivity index (χ1v) is 4.24. The van der Waals surface area contributed by atoms with E-state index in [0.717, 1.165) is 5.82 Å². The zero-order chi connectivity index (χ0) is 9.84. The number of hydrogen-bond acceptors (Lipinski definition) is 3. The smallest absolute Gasteiger partial charge is 0.217 e. The fourth-order valence-corrected chi connectivity index (χ4v) is 1.04. The SMILES string of the molecule is CC(=O)NCc1ncnn1C(C)C. The quantitative estimate of drug-likeness (QED) is 0.740. The number of amides is 1. The molecule has 5 nitrogen and oxygen atoms in total. The van der Waals surface area contributed by atoms with Gasteiger partial charge in [-0.05, 0) is 13.8 Å². The highest BCUT2D eigenvalue weighted by Gasteiger charge is 2.06. The monoisotopic (exact) mass is 182 g/mol. The van der Waals surface area contributed by atoms with Crippen LogP contribution in [0.1, 0.15) is 32.6 Å². The standard InChI is InChI=1S/C8H14N4O/c1-6(2)12-8(10-5-11-12)4-9-7(3)13/h5-6H,4H2,1-3H3,(H,9,13). The number of nitrogens with zero attached hydrogens (tertiary/aromatic N) is 3. The molecular weight excluding hydrogens is 168 g/mol. The van der Waals surface area contributed by atoms with Crippen LogP contribution in [0.25, 0.3) is 0 Å². The summed E-state index contributed by atoms with van der Waals surface area (Å²) in [7, 11) is 0. The molecule has 5 heteroatoms. The number of nitrogens with one attached hydrogen (secondary N) is 1. The van der Waals surface area contributed by atoms with Crippen molar-refractivity contribution in [1.82, 2.24) is 20.1 Å². The minimum Gasteiger partial charge on any atom is -0.349 e. The van der Waals surface area contributed by atoms with Crippen LogP contribution in [0, 0.1) is 0 Å². The van der Waals surface area contributed by atoms with E-state index in [-0.39, 0.29) is 11.9 Å². The Balaban J connectivity index is 2.65. The number of hydrogen-bond donors (Lipinski definition) is 1. The van der Waals surface area contributed by atoms with Gasteiger partial charge >= 0.3 is 0 Å². The largest absolute Gasteiger partial charge is 0.349 e. The van der Waals surface area contributed by atoms with E-state index in [2.05, 4.69) is 15.4 Å². The van der Waals surface area contributed by atoms with Crippen LogP contribution in [0.4, 0.5) is 0 Å². The van der Waals surface area contributed by atoms with Gasteiger partial charge in [0.1, 0.15) is 12.2 Å². The Labute approximate surface area is 77.2 Å². The minimum atomic E-state index is -0.0571. The van der Waals surface area contributed by atoms with E-state index in [1.807, 2.05) is 13.8 Å². The maximum absolute atomic E-state index is 10.7. The van der Waals surface area contributed by atoms with Crippen LogP contribution in [0.5, 0.6) is 0 Å². The highest BCUT2D eigenvalue weighted by molar-refractivity contribution is 5.72. The molecule has 1 amide bonds. The summed E-state index contributed by atoms with van der Waals surface area (Å²) in [6, 6.07) is 0.270. The molecule has 0 aliphatic carbocycles. The third-order valence-electron chi connectivity index (χ3n) is 1.63. The summed E-state index contributed by atoms with van der Waals surface area (Å²) in [5.41, 5.74) is 0. The molecule has 0 unspecified atom stereocenters.